The first-order chi connectivity index (χ1) is 13.4. The van der Waals surface area contributed by atoms with Gasteiger partial charge in [0.05, 0.1) is 17.8 Å². The van der Waals surface area contributed by atoms with Crippen LogP contribution in [0.15, 0.2) is 24.4 Å². The summed E-state index contributed by atoms with van der Waals surface area (Å²) in [5, 5.41) is 11.1. The highest BCUT2D eigenvalue weighted by molar-refractivity contribution is 7.88. The Hall–Kier alpha value is -2.79. The molecule has 0 radical (unpaired) electrons. The Morgan fingerprint density at radius 3 is 2.86 bits per heavy atom. The van der Waals surface area contributed by atoms with Crippen LogP contribution in [0, 0.1) is 6.92 Å². The van der Waals surface area contributed by atoms with Crippen molar-refractivity contribution in [2.45, 2.75) is 32.0 Å². The average Bonchev–Trinajstić information content (AvgIpc) is 3.35. The van der Waals surface area contributed by atoms with Crippen molar-refractivity contribution in [3.8, 4) is 0 Å². The summed E-state index contributed by atoms with van der Waals surface area (Å²) in [6.07, 6.45) is 4.32. The maximum atomic E-state index is 12.2. The average molecular weight is 400 g/mol. The quantitative estimate of drug-likeness (QED) is 0.674. The molecule has 3 aromatic rings. The van der Waals surface area contributed by atoms with E-state index in [-0.39, 0.29) is 12.2 Å². The Bertz CT molecular complexity index is 1160. The second-order valence-electron chi connectivity index (χ2n) is 7.27. The van der Waals surface area contributed by atoms with Gasteiger partial charge in [-0.3, -0.25) is 5.10 Å². The normalized spacial score (nSPS) is 22.3. The molecule has 2 N–H and O–H groups in total. The van der Waals surface area contributed by atoms with Gasteiger partial charge in [-0.2, -0.15) is 19.4 Å². The molecule has 0 aromatic carbocycles. The molecule has 2 saturated heterocycles. The summed E-state index contributed by atoms with van der Waals surface area (Å²) in [5.41, 5.74) is 1.48. The van der Waals surface area contributed by atoms with Gasteiger partial charge in [0.15, 0.2) is 11.5 Å². The number of anilines is 3. The van der Waals surface area contributed by atoms with Crippen LogP contribution in [0.2, 0.25) is 0 Å². The van der Waals surface area contributed by atoms with E-state index in [4.69, 9.17) is 4.98 Å². The number of H-pyrrole nitrogens is 1. The maximum absolute atomic E-state index is 12.2. The molecule has 5 heterocycles. The molecule has 2 aliphatic heterocycles. The van der Waals surface area contributed by atoms with Gasteiger partial charge in [-0.25, -0.2) is 13.4 Å². The predicted octanol–water partition coefficient (Wildman–Crippen LogP) is 1.37. The minimum Gasteiger partial charge on any atom is -0.323 e. The van der Waals surface area contributed by atoms with Crippen LogP contribution in [0.25, 0.3) is 11.0 Å². The Morgan fingerprint density at radius 2 is 2.14 bits per heavy atom. The van der Waals surface area contributed by atoms with Crippen molar-refractivity contribution in [3.63, 3.8) is 0 Å². The van der Waals surface area contributed by atoms with Crippen molar-refractivity contribution in [1.82, 2.24) is 29.5 Å². The number of hydrogen-bond donors (Lipinski definition) is 2. The third-order valence-electron chi connectivity index (χ3n) is 5.23. The van der Waals surface area contributed by atoms with Gasteiger partial charge in [0, 0.05) is 30.5 Å². The zero-order valence-electron chi connectivity index (χ0n) is 15.5. The van der Waals surface area contributed by atoms with E-state index >= 15 is 0 Å². The van der Waals surface area contributed by atoms with Crippen molar-refractivity contribution in [2.75, 3.05) is 23.0 Å². The van der Waals surface area contributed by atoms with Gasteiger partial charge >= 0.3 is 0 Å². The lowest BCUT2D eigenvalue weighted by atomic mass is 10.1. The van der Waals surface area contributed by atoms with Crippen LogP contribution in [0.5, 0.6) is 0 Å². The number of sulfonamides is 1. The Kier molecular flexibility index (Phi) is 3.78. The highest BCUT2D eigenvalue weighted by Crippen LogP contribution is 2.39. The molecular formula is C17H20N8O2S. The summed E-state index contributed by atoms with van der Waals surface area (Å²) < 4.78 is 26.0. The molecule has 2 bridgehead atoms. The van der Waals surface area contributed by atoms with Gasteiger partial charge in [0.25, 0.3) is 0 Å². The van der Waals surface area contributed by atoms with Gasteiger partial charge < -0.3 is 10.2 Å². The first-order valence-corrected chi connectivity index (χ1v) is 10.9. The molecule has 0 amide bonds. The zero-order valence-corrected chi connectivity index (χ0v) is 16.3. The van der Waals surface area contributed by atoms with E-state index in [0.29, 0.717) is 29.8 Å². The fourth-order valence-electron chi connectivity index (χ4n) is 4.14. The summed E-state index contributed by atoms with van der Waals surface area (Å²) in [6.45, 7) is 2.50. The second kappa shape index (κ2) is 6.11. The van der Waals surface area contributed by atoms with E-state index in [2.05, 4.69) is 25.5 Å². The third-order valence-corrected chi connectivity index (χ3v) is 6.54. The lowest BCUT2D eigenvalue weighted by molar-refractivity contribution is 0.402. The maximum Gasteiger partial charge on any atom is 0.230 e. The molecule has 0 aliphatic carbocycles. The van der Waals surface area contributed by atoms with Crippen molar-refractivity contribution in [1.29, 1.82) is 0 Å². The topological polar surface area (TPSA) is 120 Å². The van der Waals surface area contributed by atoms with Crippen molar-refractivity contribution >= 4 is 38.6 Å². The fraction of sp³-hybridized carbons (Fsp3) is 0.412. The predicted molar refractivity (Wildman–Crippen MR) is 105 cm³/mol. The van der Waals surface area contributed by atoms with E-state index in [1.165, 1.54) is 6.26 Å². The minimum absolute atomic E-state index is 0.0339. The van der Waals surface area contributed by atoms with Crippen LogP contribution in [0.3, 0.4) is 0 Å². The molecule has 0 saturated carbocycles. The second-order valence-corrected chi connectivity index (χ2v) is 9.15. The summed E-state index contributed by atoms with van der Waals surface area (Å²) in [7, 11) is -3.29. The van der Waals surface area contributed by atoms with E-state index in [1.54, 1.807) is 10.5 Å². The standard InChI is InChI=1S/C17H20N8O2S/c1-10-8-13(23-22-10)19-16-12-4-3-7-18-15(12)20-17(21-16)24-9-11-5-6-14(24)25(11)28(2,26)27/h3-4,7-8,11,14H,5-6,9H2,1-2H3,(H2,18,19,20,21,22,23)/t11-,14-/m1/s1. The number of fused-ring (bicyclic) bond motifs is 3. The first kappa shape index (κ1) is 17.3. The third kappa shape index (κ3) is 2.78. The monoisotopic (exact) mass is 400 g/mol. The first-order valence-electron chi connectivity index (χ1n) is 9.07. The Morgan fingerprint density at radius 1 is 1.29 bits per heavy atom. The lowest BCUT2D eigenvalue weighted by Crippen LogP contribution is -2.40. The number of pyridine rings is 1. The molecule has 28 heavy (non-hydrogen) atoms. The molecule has 2 atom stereocenters. The van der Waals surface area contributed by atoms with E-state index < -0.39 is 10.0 Å². The SMILES string of the molecule is Cc1cc(Nc2nc(N3C[C@H]4CC[C@H]3N4S(C)(=O)=O)nc3ncccc23)n[nH]1. The van der Waals surface area contributed by atoms with E-state index in [1.807, 2.05) is 30.0 Å². The minimum atomic E-state index is -3.29. The van der Waals surface area contributed by atoms with Crippen LogP contribution in [-0.4, -0.2) is 62.9 Å². The van der Waals surface area contributed by atoms with E-state index in [0.717, 1.165) is 23.9 Å². The highest BCUT2D eigenvalue weighted by atomic mass is 32.2. The summed E-state index contributed by atoms with van der Waals surface area (Å²) in [4.78, 5) is 15.7. The number of nitrogens with zero attached hydrogens (tertiary/aromatic N) is 6. The van der Waals surface area contributed by atoms with Crippen LogP contribution in [0.1, 0.15) is 18.5 Å². The zero-order chi connectivity index (χ0) is 19.5. The van der Waals surface area contributed by atoms with Crippen LogP contribution in [-0.2, 0) is 10.0 Å². The number of hydrogen-bond acceptors (Lipinski definition) is 8. The smallest absolute Gasteiger partial charge is 0.230 e. The fourth-order valence-corrected chi connectivity index (χ4v) is 5.51. The van der Waals surface area contributed by atoms with Gasteiger partial charge in [0.1, 0.15) is 5.82 Å². The molecule has 0 unspecified atom stereocenters. The molecule has 2 aliphatic rings. The van der Waals surface area contributed by atoms with Crippen LogP contribution >= 0.6 is 0 Å². The number of aromatic nitrogens is 5. The Balaban J connectivity index is 1.57. The van der Waals surface area contributed by atoms with Gasteiger partial charge in [0.2, 0.25) is 16.0 Å². The summed E-state index contributed by atoms with van der Waals surface area (Å²) >= 11 is 0. The van der Waals surface area contributed by atoms with Crippen LogP contribution in [0.4, 0.5) is 17.6 Å². The molecule has 11 heteroatoms. The van der Waals surface area contributed by atoms with E-state index in [9.17, 15) is 8.42 Å². The summed E-state index contributed by atoms with van der Waals surface area (Å²) in [6, 6.07) is 5.57. The highest BCUT2D eigenvalue weighted by Gasteiger charge is 2.50. The lowest BCUT2D eigenvalue weighted by Gasteiger charge is -2.27. The van der Waals surface area contributed by atoms with Gasteiger partial charge in [-0.05, 0) is 31.9 Å². The Labute approximate surface area is 162 Å². The molecule has 0 spiro atoms. The molecule has 2 fully saturated rings. The van der Waals surface area contributed by atoms with Crippen molar-refractivity contribution in [3.05, 3.63) is 30.1 Å². The number of rotatable bonds is 4. The molecule has 3 aromatic heterocycles. The van der Waals surface area contributed by atoms with Crippen molar-refractivity contribution < 1.29 is 8.42 Å². The molecule has 146 valence electrons. The largest absolute Gasteiger partial charge is 0.323 e. The van der Waals surface area contributed by atoms with Crippen LogP contribution < -0.4 is 10.2 Å². The van der Waals surface area contributed by atoms with Crippen molar-refractivity contribution in [2.24, 2.45) is 0 Å². The van der Waals surface area contributed by atoms with Gasteiger partial charge in [-0.15, -0.1) is 0 Å². The summed E-state index contributed by atoms with van der Waals surface area (Å²) in [5.74, 6) is 1.71. The molecule has 5 rings (SSSR count). The van der Waals surface area contributed by atoms with Gasteiger partial charge in [-0.1, -0.05) is 0 Å². The number of nitrogens with one attached hydrogen (secondary N) is 2. The molecular weight excluding hydrogens is 380 g/mol. The number of aromatic amines is 1. The molecule has 10 nitrogen and oxygen atoms in total. The number of aryl methyl sites for hydroxylation is 1. The number of piperidine rings is 1.